The monoisotopic (exact) mass is 388 g/mol. The predicted octanol–water partition coefficient (Wildman–Crippen LogP) is 4.10. The van der Waals surface area contributed by atoms with E-state index in [0.29, 0.717) is 17.7 Å². The van der Waals surface area contributed by atoms with E-state index in [1.165, 1.54) is 12.1 Å². The van der Waals surface area contributed by atoms with Crippen molar-refractivity contribution in [2.45, 2.75) is 13.5 Å². The van der Waals surface area contributed by atoms with Gasteiger partial charge in [-0.15, -0.1) is 0 Å². The summed E-state index contributed by atoms with van der Waals surface area (Å²) in [6.45, 7) is 1.77. The summed E-state index contributed by atoms with van der Waals surface area (Å²) in [6.07, 6.45) is 0. The number of nitrogens with zero attached hydrogens (tertiary/aromatic N) is 3. The van der Waals surface area contributed by atoms with Gasteiger partial charge >= 0.3 is 0 Å². The second kappa shape index (κ2) is 7.52. The molecule has 1 aromatic heterocycles. The van der Waals surface area contributed by atoms with Gasteiger partial charge in [-0.05, 0) is 31.2 Å². The molecule has 0 aliphatic carbocycles. The number of hydrogen-bond acceptors (Lipinski definition) is 4. The predicted molar refractivity (Wildman–Crippen MR) is 93.9 cm³/mol. The van der Waals surface area contributed by atoms with Gasteiger partial charge < -0.3 is 5.32 Å². The molecule has 0 bridgehead atoms. The fourth-order valence-corrected chi connectivity index (χ4v) is 2.59. The Morgan fingerprint density at radius 2 is 1.71 bits per heavy atom. The maximum absolute atomic E-state index is 13.5. The Hall–Kier alpha value is -3.67. The lowest BCUT2D eigenvalue weighted by atomic mass is 10.1. The molecule has 0 fully saturated rings. The summed E-state index contributed by atoms with van der Waals surface area (Å²) in [5.74, 6) is -5.06. The Labute approximate surface area is 156 Å². The van der Waals surface area contributed by atoms with Crippen molar-refractivity contribution in [2.24, 2.45) is 0 Å². The SMILES string of the molecule is CCn1nc(-c2ccc(F)cc2)c(C#N)c(Nc2cc(F)c(F)c(F)c2)c1=O. The van der Waals surface area contributed by atoms with E-state index in [-0.39, 0.29) is 29.2 Å². The van der Waals surface area contributed by atoms with Crippen LogP contribution < -0.4 is 10.9 Å². The number of aryl methyl sites for hydroxylation is 1. The molecule has 28 heavy (non-hydrogen) atoms. The van der Waals surface area contributed by atoms with Crippen molar-refractivity contribution >= 4 is 11.4 Å². The quantitative estimate of drug-likeness (QED) is 0.540. The molecule has 3 aromatic rings. The van der Waals surface area contributed by atoms with Crippen molar-refractivity contribution < 1.29 is 17.6 Å². The molecule has 0 unspecified atom stereocenters. The zero-order chi connectivity index (χ0) is 20.4. The van der Waals surface area contributed by atoms with Crippen LogP contribution in [-0.2, 0) is 6.54 Å². The topological polar surface area (TPSA) is 70.7 Å². The first-order valence-corrected chi connectivity index (χ1v) is 8.08. The highest BCUT2D eigenvalue weighted by Gasteiger charge is 2.20. The van der Waals surface area contributed by atoms with Crippen LogP contribution in [-0.4, -0.2) is 9.78 Å². The number of aromatic nitrogens is 2. The van der Waals surface area contributed by atoms with Gasteiger partial charge in [0.05, 0.1) is 0 Å². The molecule has 0 spiro atoms. The van der Waals surface area contributed by atoms with Crippen LogP contribution in [0.1, 0.15) is 12.5 Å². The molecular formula is C19H12F4N4O. The first kappa shape index (κ1) is 19.1. The van der Waals surface area contributed by atoms with Crippen molar-refractivity contribution in [3.8, 4) is 17.3 Å². The first-order chi connectivity index (χ1) is 13.3. The Balaban J connectivity index is 2.23. The molecule has 0 aliphatic heterocycles. The van der Waals surface area contributed by atoms with Crippen LogP contribution in [0.5, 0.6) is 0 Å². The standard InChI is InChI=1S/C19H12F4N4O/c1-2-27-19(28)18(25-12-7-14(21)16(23)15(22)8-12)13(9-24)17(26-27)10-3-5-11(20)6-4-10/h3-8,25H,2H2,1H3. The molecule has 1 heterocycles. The van der Waals surface area contributed by atoms with Crippen LogP contribution in [0, 0.1) is 34.6 Å². The van der Waals surface area contributed by atoms with E-state index in [0.717, 1.165) is 16.8 Å². The second-order valence-electron chi connectivity index (χ2n) is 5.72. The molecule has 142 valence electrons. The highest BCUT2D eigenvalue weighted by atomic mass is 19.2. The number of nitriles is 1. The van der Waals surface area contributed by atoms with E-state index in [1.54, 1.807) is 6.92 Å². The van der Waals surface area contributed by atoms with E-state index < -0.39 is 28.8 Å². The Bertz CT molecular complexity index is 1130. The minimum Gasteiger partial charge on any atom is -0.350 e. The molecule has 0 saturated heterocycles. The highest BCUT2D eigenvalue weighted by Crippen LogP contribution is 2.27. The average Bonchev–Trinajstić information content (AvgIpc) is 2.68. The summed E-state index contributed by atoms with van der Waals surface area (Å²) in [4.78, 5) is 12.6. The van der Waals surface area contributed by atoms with Crippen molar-refractivity contribution in [1.82, 2.24) is 9.78 Å². The van der Waals surface area contributed by atoms with Gasteiger partial charge in [0, 0.05) is 29.9 Å². The summed E-state index contributed by atoms with van der Waals surface area (Å²) in [5, 5.41) is 16.2. The maximum Gasteiger partial charge on any atom is 0.291 e. The molecule has 5 nitrogen and oxygen atoms in total. The number of nitrogens with one attached hydrogen (secondary N) is 1. The van der Waals surface area contributed by atoms with Crippen LogP contribution >= 0.6 is 0 Å². The minimum absolute atomic E-state index is 0.0782. The van der Waals surface area contributed by atoms with Crippen molar-refractivity contribution in [3.05, 3.63) is 75.6 Å². The minimum atomic E-state index is -1.65. The number of benzene rings is 2. The molecule has 0 atom stereocenters. The van der Waals surface area contributed by atoms with E-state index in [2.05, 4.69) is 10.4 Å². The Morgan fingerprint density at radius 1 is 1.11 bits per heavy atom. The first-order valence-electron chi connectivity index (χ1n) is 8.08. The van der Waals surface area contributed by atoms with Crippen LogP contribution in [0.2, 0.25) is 0 Å². The molecular weight excluding hydrogens is 376 g/mol. The fourth-order valence-electron chi connectivity index (χ4n) is 2.59. The molecule has 0 radical (unpaired) electrons. The van der Waals surface area contributed by atoms with Crippen molar-refractivity contribution in [3.63, 3.8) is 0 Å². The summed E-state index contributed by atoms with van der Waals surface area (Å²) < 4.78 is 54.4. The van der Waals surface area contributed by atoms with Crippen LogP contribution in [0.15, 0.2) is 41.2 Å². The molecule has 0 aliphatic rings. The number of hydrogen-bond donors (Lipinski definition) is 1. The highest BCUT2D eigenvalue weighted by molar-refractivity contribution is 5.76. The third-order valence-electron chi connectivity index (χ3n) is 3.94. The van der Waals surface area contributed by atoms with Gasteiger partial charge in [-0.2, -0.15) is 10.4 Å². The normalized spacial score (nSPS) is 10.6. The average molecular weight is 388 g/mol. The Morgan fingerprint density at radius 3 is 2.25 bits per heavy atom. The number of anilines is 2. The molecule has 0 saturated carbocycles. The molecule has 2 aromatic carbocycles. The summed E-state index contributed by atoms with van der Waals surface area (Å²) in [5.41, 5.74) is -1.02. The molecule has 3 rings (SSSR count). The zero-order valence-corrected chi connectivity index (χ0v) is 14.4. The molecule has 0 amide bonds. The lowest BCUT2D eigenvalue weighted by molar-refractivity contribution is 0.448. The van der Waals surface area contributed by atoms with Crippen LogP contribution in [0.25, 0.3) is 11.3 Å². The van der Waals surface area contributed by atoms with Crippen molar-refractivity contribution in [2.75, 3.05) is 5.32 Å². The number of rotatable bonds is 4. The van der Waals surface area contributed by atoms with Gasteiger partial charge in [-0.3, -0.25) is 4.79 Å². The number of halogens is 4. The summed E-state index contributed by atoms with van der Waals surface area (Å²) in [6, 6.07) is 8.24. The smallest absolute Gasteiger partial charge is 0.291 e. The van der Waals surface area contributed by atoms with Gasteiger partial charge in [0.25, 0.3) is 5.56 Å². The fraction of sp³-hybridized carbons (Fsp3) is 0.105. The van der Waals surface area contributed by atoms with E-state index in [9.17, 15) is 27.6 Å². The van der Waals surface area contributed by atoms with Crippen LogP contribution in [0.4, 0.5) is 28.9 Å². The molecule has 1 N–H and O–H groups in total. The largest absolute Gasteiger partial charge is 0.350 e. The Kier molecular flexibility index (Phi) is 5.13. The van der Waals surface area contributed by atoms with Gasteiger partial charge in [-0.1, -0.05) is 0 Å². The summed E-state index contributed by atoms with van der Waals surface area (Å²) >= 11 is 0. The second-order valence-corrected chi connectivity index (χ2v) is 5.72. The van der Waals surface area contributed by atoms with Gasteiger partial charge in [0.1, 0.15) is 28.8 Å². The zero-order valence-electron chi connectivity index (χ0n) is 14.4. The van der Waals surface area contributed by atoms with Gasteiger partial charge in [-0.25, -0.2) is 22.2 Å². The lowest BCUT2D eigenvalue weighted by Gasteiger charge is -2.14. The van der Waals surface area contributed by atoms with E-state index in [1.807, 2.05) is 6.07 Å². The van der Waals surface area contributed by atoms with E-state index in [4.69, 9.17) is 0 Å². The third-order valence-corrected chi connectivity index (χ3v) is 3.94. The third kappa shape index (κ3) is 3.44. The van der Waals surface area contributed by atoms with E-state index >= 15 is 0 Å². The van der Waals surface area contributed by atoms with Gasteiger partial charge in [0.2, 0.25) is 0 Å². The molecule has 9 heteroatoms. The summed E-state index contributed by atoms with van der Waals surface area (Å²) in [7, 11) is 0. The maximum atomic E-state index is 13.5. The van der Waals surface area contributed by atoms with Crippen LogP contribution in [0.3, 0.4) is 0 Å². The van der Waals surface area contributed by atoms with Gasteiger partial charge in [0.15, 0.2) is 17.5 Å². The van der Waals surface area contributed by atoms with Crippen molar-refractivity contribution in [1.29, 1.82) is 5.26 Å². The lowest BCUT2D eigenvalue weighted by Crippen LogP contribution is -2.26.